The maximum absolute atomic E-state index is 3.65. The second-order valence-electron chi connectivity index (χ2n) is 5.42. The van der Waals surface area contributed by atoms with Crippen molar-refractivity contribution in [1.82, 2.24) is 5.32 Å². The molecule has 2 heteroatoms. The first-order chi connectivity index (χ1) is 9.10. The number of hydrogen-bond donors (Lipinski definition) is 1. The summed E-state index contributed by atoms with van der Waals surface area (Å²) in [6.45, 7) is 9.89. The van der Waals surface area contributed by atoms with Crippen molar-refractivity contribution in [2.45, 2.75) is 65.8 Å². The van der Waals surface area contributed by atoms with Crippen molar-refractivity contribution in [3.63, 3.8) is 0 Å². The molecular weight excluding hydrogens is 298 g/mol. The van der Waals surface area contributed by atoms with Crippen molar-refractivity contribution in [3.8, 4) is 0 Å². The molecular formula is C17H28BrN. The maximum Gasteiger partial charge on any atom is 0.0322 e. The van der Waals surface area contributed by atoms with Gasteiger partial charge < -0.3 is 5.32 Å². The molecule has 1 N–H and O–H groups in total. The fourth-order valence-corrected chi connectivity index (χ4v) is 3.03. The Morgan fingerprint density at radius 1 is 1.05 bits per heavy atom. The molecule has 0 heterocycles. The number of unbranched alkanes of at least 4 members (excludes halogenated alkanes) is 3. The van der Waals surface area contributed by atoms with Crippen LogP contribution in [0.3, 0.4) is 0 Å². The summed E-state index contributed by atoms with van der Waals surface area (Å²) >= 11 is 3.62. The van der Waals surface area contributed by atoms with Gasteiger partial charge in [-0.3, -0.25) is 0 Å². The summed E-state index contributed by atoms with van der Waals surface area (Å²) < 4.78 is 1.22. The van der Waals surface area contributed by atoms with Crippen LogP contribution in [0, 0.1) is 13.8 Å². The van der Waals surface area contributed by atoms with E-state index in [2.05, 4.69) is 61.1 Å². The molecule has 0 bridgehead atoms. The summed E-state index contributed by atoms with van der Waals surface area (Å²) in [7, 11) is 0. The average molecular weight is 326 g/mol. The molecule has 1 unspecified atom stereocenters. The lowest BCUT2D eigenvalue weighted by atomic mass is 9.94. The number of rotatable bonds is 8. The van der Waals surface area contributed by atoms with E-state index in [0.717, 1.165) is 6.54 Å². The van der Waals surface area contributed by atoms with Crippen LogP contribution in [-0.2, 0) is 0 Å². The molecule has 0 aliphatic rings. The SMILES string of the molecule is CCCCCCC(NCC)c1cc(C)c(Br)cc1C. The van der Waals surface area contributed by atoms with Crippen LogP contribution in [-0.4, -0.2) is 6.54 Å². The molecule has 0 aliphatic heterocycles. The molecule has 108 valence electrons. The van der Waals surface area contributed by atoms with E-state index in [1.807, 2.05) is 0 Å². The highest BCUT2D eigenvalue weighted by Crippen LogP contribution is 2.28. The predicted molar refractivity (Wildman–Crippen MR) is 88.8 cm³/mol. The highest BCUT2D eigenvalue weighted by atomic mass is 79.9. The zero-order valence-electron chi connectivity index (χ0n) is 12.9. The molecule has 0 fully saturated rings. The first-order valence-corrected chi connectivity index (χ1v) is 8.39. The Morgan fingerprint density at radius 3 is 2.42 bits per heavy atom. The van der Waals surface area contributed by atoms with Gasteiger partial charge in [-0.05, 0) is 49.6 Å². The average Bonchev–Trinajstić information content (AvgIpc) is 2.38. The third kappa shape index (κ3) is 5.27. The number of halogens is 1. The van der Waals surface area contributed by atoms with E-state index in [1.165, 1.54) is 53.3 Å². The lowest BCUT2D eigenvalue weighted by Crippen LogP contribution is -2.21. The van der Waals surface area contributed by atoms with Gasteiger partial charge in [0.1, 0.15) is 0 Å². The summed E-state index contributed by atoms with van der Waals surface area (Å²) in [5.41, 5.74) is 4.19. The van der Waals surface area contributed by atoms with Crippen LogP contribution >= 0.6 is 15.9 Å². The Balaban J connectivity index is 2.77. The van der Waals surface area contributed by atoms with Crippen LogP contribution in [0.4, 0.5) is 0 Å². The number of aryl methyl sites for hydroxylation is 2. The van der Waals surface area contributed by atoms with Crippen molar-refractivity contribution in [2.75, 3.05) is 6.54 Å². The number of hydrogen-bond acceptors (Lipinski definition) is 1. The molecule has 19 heavy (non-hydrogen) atoms. The quantitative estimate of drug-likeness (QED) is 0.605. The van der Waals surface area contributed by atoms with E-state index in [1.54, 1.807) is 0 Å². The monoisotopic (exact) mass is 325 g/mol. The summed E-state index contributed by atoms with van der Waals surface area (Å²) in [5.74, 6) is 0. The van der Waals surface area contributed by atoms with Crippen molar-refractivity contribution < 1.29 is 0 Å². The van der Waals surface area contributed by atoms with Gasteiger partial charge in [-0.25, -0.2) is 0 Å². The van der Waals surface area contributed by atoms with Gasteiger partial charge in [-0.2, -0.15) is 0 Å². The molecule has 0 amide bonds. The fraction of sp³-hybridized carbons (Fsp3) is 0.647. The molecule has 0 aliphatic carbocycles. The van der Waals surface area contributed by atoms with E-state index in [0.29, 0.717) is 6.04 Å². The topological polar surface area (TPSA) is 12.0 Å². The van der Waals surface area contributed by atoms with Crippen LogP contribution in [0.5, 0.6) is 0 Å². The molecule has 0 aromatic heterocycles. The van der Waals surface area contributed by atoms with Gasteiger partial charge in [-0.15, -0.1) is 0 Å². The van der Waals surface area contributed by atoms with Gasteiger partial charge in [0.05, 0.1) is 0 Å². The summed E-state index contributed by atoms with van der Waals surface area (Å²) in [6, 6.07) is 5.10. The minimum atomic E-state index is 0.508. The Morgan fingerprint density at radius 2 is 1.79 bits per heavy atom. The van der Waals surface area contributed by atoms with E-state index in [9.17, 15) is 0 Å². The smallest absolute Gasteiger partial charge is 0.0322 e. The molecule has 0 saturated heterocycles. The molecule has 1 aromatic rings. The molecule has 1 atom stereocenters. The van der Waals surface area contributed by atoms with Crippen molar-refractivity contribution >= 4 is 15.9 Å². The normalized spacial score (nSPS) is 12.7. The fourth-order valence-electron chi connectivity index (χ4n) is 2.57. The van der Waals surface area contributed by atoms with Crippen LogP contribution in [0.1, 0.15) is 68.7 Å². The standard InChI is InChI=1S/C17H28BrN/c1-5-7-8-9-10-17(19-6-2)15-11-14(4)16(18)12-13(15)3/h11-12,17,19H,5-10H2,1-4H3. The third-order valence-electron chi connectivity index (χ3n) is 3.72. The van der Waals surface area contributed by atoms with E-state index in [4.69, 9.17) is 0 Å². The third-order valence-corrected chi connectivity index (χ3v) is 4.57. The second kappa shape index (κ2) is 8.76. The Kier molecular flexibility index (Phi) is 7.70. The highest BCUT2D eigenvalue weighted by molar-refractivity contribution is 9.10. The van der Waals surface area contributed by atoms with Gasteiger partial charge in [0.15, 0.2) is 0 Å². The van der Waals surface area contributed by atoms with E-state index < -0.39 is 0 Å². The van der Waals surface area contributed by atoms with Gasteiger partial charge in [-0.1, -0.05) is 61.5 Å². The highest BCUT2D eigenvalue weighted by Gasteiger charge is 2.13. The first kappa shape index (κ1) is 16.7. The van der Waals surface area contributed by atoms with Crippen molar-refractivity contribution in [1.29, 1.82) is 0 Å². The van der Waals surface area contributed by atoms with Crippen LogP contribution in [0.2, 0.25) is 0 Å². The Hall–Kier alpha value is -0.340. The van der Waals surface area contributed by atoms with Crippen molar-refractivity contribution in [3.05, 3.63) is 33.3 Å². The molecule has 1 rings (SSSR count). The lowest BCUT2D eigenvalue weighted by molar-refractivity contribution is 0.480. The molecule has 0 radical (unpaired) electrons. The van der Waals surface area contributed by atoms with E-state index in [-0.39, 0.29) is 0 Å². The Labute approximate surface area is 127 Å². The first-order valence-electron chi connectivity index (χ1n) is 7.60. The molecule has 1 aromatic carbocycles. The van der Waals surface area contributed by atoms with Crippen molar-refractivity contribution in [2.24, 2.45) is 0 Å². The summed E-state index contributed by atoms with van der Waals surface area (Å²) in [6.07, 6.45) is 6.59. The largest absolute Gasteiger partial charge is 0.310 e. The Bertz CT molecular complexity index is 387. The summed E-state index contributed by atoms with van der Waals surface area (Å²) in [4.78, 5) is 0. The zero-order valence-corrected chi connectivity index (χ0v) is 14.4. The van der Waals surface area contributed by atoms with Gasteiger partial charge >= 0.3 is 0 Å². The van der Waals surface area contributed by atoms with Gasteiger partial charge in [0.2, 0.25) is 0 Å². The van der Waals surface area contributed by atoms with Gasteiger partial charge in [0.25, 0.3) is 0 Å². The molecule has 0 saturated carbocycles. The van der Waals surface area contributed by atoms with Crippen LogP contribution in [0.15, 0.2) is 16.6 Å². The van der Waals surface area contributed by atoms with Gasteiger partial charge in [0, 0.05) is 10.5 Å². The maximum atomic E-state index is 3.65. The molecule has 0 spiro atoms. The minimum Gasteiger partial charge on any atom is -0.310 e. The lowest BCUT2D eigenvalue weighted by Gasteiger charge is -2.21. The zero-order chi connectivity index (χ0) is 14.3. The minimum absolute atomic E-state index is 0.508. The predicted octanol–water partition coefficient (Wildman–Crippen LogP) is 5.69. The van der Waals surface area contributed by atoms with E-state index >= 15 is 0 Å². The summed E-state index contributed by atoms with van der Waals surface area (Å²) in [5, 5.41) is 3.65. The van der Waals surface area contributed by atoms with Crippen LogP contribution < -0.4 is 5.32 Å². The second-order valence-corrected chi connectivity index (χ2v) is 6.27. The number of nitrogens with one attached hydrogen (secondary N) is 1. The number of benzene rings is 1. The van der Waals surface area contributed by atoms with Crippen LogP contribution in [0.25, 0.3) is 0 Å². The molecule has 1 nitrogen and oxygen atoms in total.